The molecule has 0 atom stereocenters. The first-order chi connectivity index (χ1) is 16.1. The molecule has 2 aromatic heterocycles. The molecule has 0 aliphatic rings. The number of hydrogen-bond acceptors (Lipinski definition) is 9. The molecule has 0 bridgehead atoms. The van der Waals surface area contributed by atoms with Gasteiger partial charge in [0.15, 0.2) is 0 Å². The van der Waals surface area contributed by atoms with Gasteiger partial charge in [0, 0.05) is 55.5 Å². The highest BCUT2D eigenvalue weighted by atomic mass is 32.1. The van der Waals surface area contributed by atoms with E-state index in [2.05, 4.69) is 73.6 Å². The molecule has 2 aromatic carbocycles. The van der Waals surface area contributed by atoms with Crippen LogP contribution in [0.3, 0.4) is 0 Å². The van der Waals surface area contributed by atoms with Gasteiger partial charge in [0.05, 0.1) is 17.8 Å². The fourth-order valence-corrected chi connectivity index (χ4v) is 4.13. The average Bonchev–Trinajstić information content (AvgIpc) is 3.52. The van der Waals surface area contributed by atoms with E-state index in [0.717, 1.165) is 41.0 Å². The van der Waals surface area contributed by atoms with Crippen molar-refractivity contribution in [3.05, 3.63) is 71.7 Å². The quantitative estimate of drug-likeness (QED) is 0.206. The van der Waals surface area contributed by atoms with Crippen molar-refractivity contribution in [2.75, 3.05) is 37.0 Å². The summed E-state index contributed by atoms with van der Waals surface area (Å²) in [4.78, 5) is 8.56. The van der Waals surface area contributed by atoms with E-state index < -0.39 is 0 Å². The zero-order valence-electron chi connectivity index (χ0n) is 18.7. The van der Waals surface area contributed by atoms with Crippen molar-refractivity contribution in [2.24, 2.45) is 27.5 Å². The molecular weight excluding hydrogens is 452 g/mol. The summed E-state index contributed by atoms with van der Waals surface area (Å²) in [5, 5.41) is 22.4. The Morgan fingerprint density at radius 1 is 0.758 bits per heavy atom. The van der Waals surface area contributed by atoms with E-state index in [1.165, 1.54) is 11.3 Å². The average molecular weight is 478 g/mol. The Hall–Kier alpha value is -3.50. The Kier molecular flexibility index (Phi) is 7.48. The molecule has 0 spiro atoms. The number of benzene rings is 2. The van der Waals surface area contributed by atoms with Gasteiger partial charge < -0.3 is 9.80 Å². The second-order valence-corrected chi connectivity index (χ2v) is 9.13. The van der Waals surface area contributed by atoms with Gasteiger partial charge in [-0.25, -0.2) is 9.55 Å². The minimum atomic E-state index is 0.659. The van der Waals surface area contributed by atoms with Crippen molar-refractivity contribution in [3.8, 4) is 0 Å². The van der Waals surface area contributed by atoms with Crippen molar-refractivity contribution in [1.82, 2.24) is 4.98 Å². The SMILES string of the molecule is CN(CCN(C)c1ccc(N=Nc2scc[n+]2C)cc1)c1ccc(N=Nc2nccs2)cc1. The summed E-state index contributed by atoms with van der Waals surface area (Å²) in [6.07, 6.45) is 3.69. The molecule has 2 heterocycles. The molecule has 0 N–H and O–H groups in total. The first kappa shape index (κ1) is 22.7. The van der Waals surface area contributed by atoms with Gasteiger partial charge in [-0.15, -0.1) is 21.6 Å². The molecule has 168 valence electrons. The van der Waals surface area contributed by atoms with Crippen LogP contribution in [0.15, 0.2) is 92.1 Å². The van der Waals surface area contributed by atoms with E-state index in [9.17, 15) is 0 Å². The number of rotatable bonds is 9. The smallest absolute Gasteiger partial charge is 0.373 e. The van der Waals surface area contributed by atoms with Gasteiger partial charge >= 0.3 is 5.13 Å². The molecule has 0 unspecified atom stereocenters. The summed E-state index contributed by atoms with van der Waals surface area (Å²) in [5.41, 5.74) is 3.92. The van der Waals surface area contributed by atoms with Gasteiger partial charge in [0.2, 0.25) is 5.13 Å². The van der Waals surface area contributed by atoms with E-state index in [1.807, 2.05) is 52.8 Å². The number of anilines is 2. The lowest BCUT2D eigenvalue weighted by molar-refractivity contribution is -0.654. The van der Waals surface area contributed by atoms with Crippen LogP contribution in [0.4, 0.5) is 33.0 Å². The van der Waals surface area contributed by atoms with Crippen LogP contribution in [-0.4, -0.2) is 32.2 Å². The number of azo groups is 2. The van der Waals surface area contributed by atoms with Gasteiger partial charge in [0.1, 0.15) is 11.9 Å². The first-order valence-electron chi connectivity index (χ1n) is 10.4. The molecule has 8 nitrogen and oxygen atoms in total. The molecule has 4 rings (SSSR count). The maximum absolute atomic E-state index is 4.33. The van der Waals surface area contributed by atoms with Crippen LogP contribution in [0.25, 0.3) is 0 Å². The van der Waals surface area contributed by atoms with E-state index in [4.69, 9.17) is 0 Å². The fraction of sp³-hybridized carbons (Fsp3) is 0.217. The van der Waals surface area contributed by atoms with E-state index in [0.29, 0.717) is 5.13 Å². The molecule has 33 heavy (non-hydrogen) atoms. The Morgan fingerprint density at radius 3 is 1.82 bits per heavy atom. The lowest BCUT2D eigenvalue weighted by atomic mass is 10.2. The monoisotopic (exact) mass is 477 g/mol. The van der Waals surface area contributed by atoms with Crippen molar-refractivity contribution in [1.29, 1.82) is 0 Å². The van der Waals surface area contributed by atoms with Crippen LogP contribution in [0, 0.1) is 0 Å². The standard InChI is InChI=1S/C23H25N8S2/c1-29(20-8-4-18(5-9-20)25-27-22-24-12-16-32-22)13-14-30(2)21-10-6-19(7-11-21)26-28-23-31(3)15-17-33-23/h4-12,15-17H,13-14H2,1-3H3/q+1. The Balaban J connectivity index is 1.28. The number of nitrogens with zero attached hydrogens (tertiary/aromatic N) is 8. The Labute approximate surface area is 201 Å². The number of aryl methyl sites for hydroxylation is 1. The predicted octanol–water partition coefficient (Wildman–Crippen LogP) is 6.43. The van der Waals surface area contributed by atoms with Crippen LogP contribution in [0.5, 0.6) is 0 Å². The van der Waals surface area contributed by atoms with Crippen LogP contribution in [-0.2, 0) is 7.05 Å². The van der Waals surface area contributed by atoms with Gasteiger partial charge in [-0.2, -0.15) is 0 Å². The molecule has 4 aromatic rings. The summed E-state index contributed by atoms with van der Waals surface area (Å²) < 4.78 is 1.95. The maximum Gasteiger partial charge on any atom is 0.408 e. The Morgan fingerprint density at radius 2 is 1.33 bits per heavy atom. The van der Waals surface area contributed by atoms with E-state index in [-0.39, 0.29) is 0 Å². The third kappa shape index (κ3) is 6.27. The number of thiazole rings is 2. The largest absolute Gasteiger partial charge is 0.408 e. The lowest BCUT2D eigenvalue weighted by Crippen LogP contribution is -2.30. The lowest BCUT2D eigenvalue weighted by Gasteiger charge is -2.25. The number of aromatic nitrogens is 2. The second-order valence-electron chi connectivity index (χ2n) is 7.39. The van der Waals surface area contributed by atoms with Crippen molar-refractivity contribution >= 4 is 55.7 Å². The summed E-state index contributed by atoms with van der Waals surface area (Å²) in [7, 11) is 6.15. The van der Waals surface area contributed by atoms with Crippen LogP contribution in [0.1, 0.15) is 0 Å². The number of likely N-dealkylation sites (N-methyl/N-ethyl adjacent to an activating group) is 2. The summed E-state index contributed by atoms with van der Waals surface area (Å²) >= 11 is 3.03. The zero-order valence-corrected chi connectivity index (χ0v) is 20.4. The van der Waals surface area contributed by atoms with Gasteiger partial charge in [-0.3, -0.25) is 0 Å². The van der Waals surface area contributed by atoms with E-state index in [1.54, 1.807) is 17.5 Å². The maximum atomic E-state index is 4.33. The van der Waals surface area contributed by atoms with Crippen LogP contribution >= 0.6 is 22.7 Å². The minimum Gasteiger partial charge on any atom is -0.373 e. The minimum absolute atomic E-state index is 0.659. The molecule has 0 amide bonds. The second kappa shape index (κ2) is 10.9. The third-order valence-corrected chi connectivity index (χ3v) is 6.53. The summed E-state index contributed by atoms with van der Waals surface area (Å²) in [5.74, 6) is 0. The Bertz CT molecular complexity index is 1200. The van der Waals surface area contributed by atoms with E-state index >= 15 is 0 Å². The molecule has 0 aliphatic carbocycles. The highest BCUT2D eigenvalue weighted by Gasteiger charge is 2.08. The van der Waals surface area contributed by atoms with Crippen molar-refractivity contribution < 1.29 is 4.57 Å². The van der Waals surface area contributed by atoms with Crippen molar-refractivity contribution in [3.63, 3.8) is 0 Å². The molecule has 0 radical (unpaired) electrons. The molecule has 10 heteroatoms. The summed E-state index contributed by atoms with van der Waals surface area (Å²) in [6.45, 7) is 1.76. The van der Waals surface area contributed by atoms with Crippen molar-refractivity contribution in [2.45, 2.75) is 0 Å². The van der Waals surface area contributed by atoms with Gasteiger partial charge in [-0.1, -0.05) is 0 Å². The van der Waals surface area contributed by atoms with Gasteiger partial charge in [-0.05, 0) is 65.0 Å². The first-order valence-corrected chi connectivity index (χ1v) is 12.1. The normalized spacial score (nSPS) is 11.5. The topological polar surface area (TPSA) is 72.7 Å². The van der Waals surface area contributed by atoms with Gasteiger partial charge in [0.25, 0.3) is 0 Å². The number of hydrogen-bond donors (Lipinski definition) is 0. The van der Waals surface area contributed by atoms with Crippen LogP contribution < -0.4 is 14.4 Å². The zero-order chi connectivity index (χ0) is 23.0. The highest BCUT2D eigenvalue weighted by Crippen LogP contribution is 2.24. The fourth-order valence-electron chi connectivity index (χ4n) is 3.00. The predicted molar refractivity (Wildman–Crippen MR) is 135 cm³/mol. The molecule has 0 saturated carbocycles. The molecule has 0 aliphatic heterocycles. The third-order valence-electron chi connectivity index (χ3n) is 5.03. The molecular formula is C23H25N8S2+. The molecule has 0 fully saturated rings. The summed E-state index contributed by atoms with van der Waals surface area (Å²) in [6, 6.07) is 16.2. The van der Waals surface area contributed by atoms with Crippen LogP contribution in [0.2, 0.25) is 0 Å². The molecule has 0 saturated heterocycles. The highest BCUT2D eigenvalue weighted by molar-refractivity contribution is 7.13.